The fourth-order valence-corrected chi connectivity index (χ4v) is 3.96. The van der Waals surface area contributed by atoms with E-state index in [9.17, 15) is 0 Å². The van der Waals surface area contributed by atoms with Crippen molar-refractivity contribution in [3.05, 3.63) is 53.5 Å². The second-order valence-electron chi connectivity index (χ2n) is 6.95. The van der Waals surface area contributed by atoms with Crippen LogP contribution < -0.4 is 4.90 Å². The summed E-state index contributed by atoms with van der Waals surface area (Å²) < 4.78 is 0. The monoisotopic (exact) mass is 319 g/mol. The van der Waals surface area contributed by atoms with Crippen molar-refractivity contribution in [2.24, 2.45) is 11.8 Å². The molecule has 5 heteroatoms. The zero-order chi connectivity index (χ0) is 16.5. The van der Waals surface area contributed by atoms with Gasteiger partial charge in [0, 0.05) is 44.5 Å². The van der Waals surface area contributed by atoms with Crippen LogP contribution in [0.15, 0.2) is 36.7 Å². The Kier molecular flexibility index (Phi) is 3.91. The lowest BCUT2D eigenvalue weighted by molar-refractivity contribution is 0.309. The zero-order valence-electron chi connectivity index (χ0n) is 13.9. The lowest BCUT2D eigenvalue weighted by Gasteiger charge is -2.22. The summed E-state index contributed by atoms with van der Waals surface area (Å²) in [5, 5.41) is 8.88. The molecule has 0 amide bonds. The predicted octanol–water partition coefficient (Wildman–Crippen LogP) is 2.22. The first-order valence-corrected chi connectivity index (χ1v) is 8.46. The van der Waals surface area contributed by atoms with Crippen LogP contribution in [0.25, 0.3) is 0 Å². The summed E-state index contributed by atoms with van der Waals surface area (Å²) in [6.07, 6.45) is 1.66. The number of nitrogens with zero attached hydrogens (tertiary/aromatic N) is 5. The van der Waals surface area contributed by atoms with Gasteiger partial charge in [-0.15, -0.1) is 0 Å². The molecule has 2 unspecified atom stereocenters. The second kappa shape index (κ2) is 6.21. The van der Waals surface area contributed by atoms with Gasteiger partial charge in [-0.3, -0.25) is 4.90 Å². The number of fused-ring (bicyclic) bond motifs is 1. The highest BCUT2D eigenvalue weighted by Gasteiger charge is 2.40. The maximum Gasteiger partial charge on any atom is 0.132 e. The number of aromatic nitrogens is 2. The maximum atomic E-state index is 8.88. The molecule has 0 radical (unpaired) electrons. The summed E-state index contributed by atoms with van der Waals surface area (Å²) in [5.41, 5.74) is 3.05. The first kappa shape index (κ1) is 15.1. The van der Waals surface area contributed by atoms with Crippen LogP contribution in [0.1, 0.15) is 16.8 Å². The van der Waals surface area contributed by atoms with E-state index in [1.807, 2.05) is 19.1 Å². The minimum atomic E-state index is 0.721. The van der Waals surface area contributed by atoms with Gasteiger partial charge in [0.25, 0.3) is 0 Å². The van der Waals surface area contributed by atoms with Gasteiger partial charge in [0.1, 0.15) is 12.1 Å². The highest BCUT2D eigenvalue weighted by Crippen LogP contribution is 2.33. The highest BCUT2D eigenvalue weighted by atomic mass is 15.3. The van der Waals surface area contributed by atoms with Gasteiger partial charge in [-0.05, 0) is 36.5 Å². The number of aryl methyl sites for hydroxylation is 1. The van der Waals surface area contributed by atoms with Crippen LogP contribution in [-0.2, 0) is 6.54 Å². The maximum absolute atomic E-state index is 8.88. The van der Waals surface area contributed by atoms with Gasteiger partial charge in [-0.2, -0.15) is 5.26 Å². The van der Waals surface area contributed by atoms with Crippen molar-refractivity contribution < 1.29 is 0 Å². The highest BCUT2D eigenvalue weighted by molar-refractivity contribution is 5.40. The Morgan fingerprint density at radius 1 is 1.08 bits per heavy atom. The number of hydrogen-bond acceptors (Lipinski definition) is 5. The summed E-state index contributed by atoms with van der Waals surface area (Å²) in [6, 6.07) is 12.2. The van der Waals surface area contributed by atoms with Crippen molar-refractivity contribution in [3.8, 4) is 6.07 Å². The predicted molar refractivity (Wildman–Crippen MR) is 92.4 cm³/mol. The molecule has 0 spiro atoms. The van der Waals surface area contributed by atoms with Crippen LogP contribution in [-0.4, -0.2) is 41.0 Å². The van der Waals surface area contributed by atoms with Crippen molar-refractivity contribution in [1.82, 2.24) is 14.9 Å². The minimum Gasteiger partial charge on any atom is -0.356 e. The normalized spacial score (nSPS) is 23.2. The van der Waals surface area contributed by atoms with E-state index in [1.54, 1.807) is 6.33 Å². The standard InChI is InChI=1S/C19H21N5/c1-14-6-19(22-13-21-14)24-11-17-9-23(10-18(17)12-24)8-16-4-2-15(7-20)3-5-16/h2-6,13,17-18H,8-12H2,1H3. The number of hydrogen-bond donors (Lipinski definition) is 0. The first-order chi connectivity index (χ1) is 11.7. The van der Waals surface area contributed by atoms with Crippen molar-refractivity contribution >= 4 is 5.82 Å². The SMILES string of the molecule is Cc1cc(N2CC3CN(Cc4ccc(C#N)cc4)CC3C2)ncn1. The molecule has 2 aliphatic rings. The average molecular weight is 319 g/mol. The summed E-state index contributed by atoms with van der Waals surface area (Å²) in [5.74, 6) is 2.51. The molecular weight excluding hydrogens is 298 g/mol. The fraction of sp³-hybridized carbons (Fsp3) is 0.421. The largest absolute Gasteiger partial charge is 0.356 e. The smallest absolute Gasteiger partial charge is 0.132 e. The van der Waals surface area contributed by atoms with E-state index in [4.69, 9.17) is 5.26 Å². The summed E-state index contributed by atoms with van der Waals surface area (Å²) in [4.78, 5) is 13.6. The van der Waals surface area contributed by atoms with E-state index in [-0.39, 0.29) is 0 Å². The van der Waals surface area contributed by atoms with Crippen molar-refractivity contribution in [2.45, 2.75) is 13.5 Å². The molecule has 2 fully saturated rings. The molecule has 2 aromatic rings. The van der Waals surface area contributed by atoms with Crippen LogP contribution >= 0.6 is 0 Å². The van der Waals surface area contributed by atoms with E-state index in [2.05, 4.69) is 44.0 Å². The molecule has 1 aromatic carbocycles. The van der Waals surface area contributed by atoms with E-state index >= 15 is 0 Å². The number of likely N-dealkylation sites (tertiary alicyclic amines) is 1. The molecule has 0 N–H and O–H groups in total. The van der Waals surface area contributed by atoms with Gasteiger partial charge in [0.15, 0.2) is 0 Å². The van der Waals surface area contributed by atoms with Gasteiger partial charge >= 0.3 is 0 Å². The molecule has 2 saturated heterocycles. The quantitative estimate of drug-likeness (QED) is 0.868. The molecule has 0 aliphatic carbocycles. The number of anilines is 1. The Bertz CT molecular complexity index is 750. The Hall–Kier alpha value is -2.45. The Balaban J connectivity index is 1.36. The molecule has 0 bridgehead atoms. The Morgan fingerprint density at radius 2 is 1.79 bits per heavy atom. The third kappa shape index (κ3) is 2.98. The molecule has 1 aromatic heterocycles. The summed E-state index contributed by atoms with van der Waals surface area (Å²) >= 11 is 0. The van der Waals surface area contributed by atoms with Gasteiger partial charge in [0.05, 0.1) is 11.6 Å². The number of benzene rings is 1. The lowest BCUT2D eigenvalue weighted by Crippen LogP contribution is -2.29. The number of nitriles is 1. The van der Waals surface area contributed by atoms with E-state index in [1.165, 1.54) is 5.56 Å². The molecule has 4 rings (SSSR count). The average Bonchev–Trinajstić information content (AvgIpc) is 3.14. The van der Waals surface area contributed by atoms with E-state index in [0.717, 1.165) is 61.6 Å². The fourth-order valence-electron chi connectivity index (χ4n) is 3.96. The minimum absolute atomic E-state index is 0.721. The van der Waals surface area contributed by atoms with Crippen LogP contribution in [0, 0.1) is 30.1 Å². The van der Waals surface area contributed by atoms with Crippen LogP contribution in [0.4, 0.5) is 5.82 Å². The third-order valence-corrected chi connectivity index (χ3v) is 5.16. The van der Waals surface area contributed by atoms with Crippen LogP contribution in [0.2, 0.25) is 0 Å². The molecule has 122 valence electrons. The molecule has 3 heterocycles. The second-order valence-corrected chi connectivity index (χ2v) is 6.95. The van der Waals surface area contributed by atoms with E-state index < -0.39 is 0 Å². The van der Waals surface area contributed by atoms with Crippen molar-refractivity contribution in [2.75, 3.05) is 31.1 Å². The zero-order valence-corrected chi connectivity index (χ0v) is 13.9. The third-order valence-electron chi connectivity index (χ3n) is 5.16. The summed E-state index contributed by atoms with van der Waals surface area (Å²) in [6.45, 7) is 7.46. The summed E-state index contributed by atoms with van der Waals surface area (Å²) in [7, 11) is 0. The van der Waals surface area contributed by atoms with E-state index in [0.29, 0.717) is 0 Å². The number of rotatable bonds is 3. The van der Waals surface area contributed by atoms with Gasteiger partial charge < -0.3 is 4.90 Å². The molecule has 5 nitrogen and oxygen atoms in total. The molecule has 2 atom stereocenters. The molecule has 2 aliphatic heterocycles. The Labute approximate surface area is 142 Å². The van der Waals surface area contributed by atoms with Crippen molar-refractivity contribution in [3.63, 3.8) is 0 Å². The van der Waals surface area contributed by atoms with Gasteiger partial charge in [-0.25, -0.2) is 9.97 Å². The molecular formula is C19H21N5. The lowest BCUT2D eigenvalue weighted by atomic mass is 10.0. The van der Waals surface area contributed by atoms with Gasteiger partial charge in [0.2, 0.25) is 0 Å². The molecule has 24 heavy (non-hydrogen) atoms. The first-order valence-electron chi connectivity index (χ1n) is 8.46. The van der Waals surface area contributed by atoms with Gasteiger partial charge in [-0.1, -0.05) is 12.1 Å². The topological polar surface area (TPSA) is 56.0 Å². The van der Waals surface area contributed by atoms with Crippen LogP contribution in [0.5, 0.6) is 0 Å². The Morgan fingerprint density at radius 3 is 2.42 bits per heavy atom. The molecule has 0 saturated carbocycles. The van der Waals surface area contributed by atoms with Crippen LogP contribution in [0.3, 0.4) is 0 Å². The van der Waals surface area contributed by atoms with Crippen molar-refractivity contribution in [1.29, 1.82) is 5.26 Å².